The summed E-state index contributed by atoms with van der Waals surface area (Å²) in [6.45, 7) is 3.10. The van der Waals surface area contributed by atoms with Crippen LogP contribution in [-0.4, -0.2) is 47.1 Å². The van der Waals surface area contributed by atoms with Gasteiger partial charge in [-0.1, -0.05) is 29.8 Å². The summed E-state index contributed by atoms with van der Waals surface area (Å²) < 4.78 is 0. The first kappa shape index (κ1) is 19.5. The van der Waals surface area contributed by atoms with Crippen LogP contribution in [0.5, 0.6) is 0 Å². The van der Waals surface area contributed by atoms with E-state index >= 15 is 0 Å². The zero-order chi connectivity index (χ0) is 20.4. The van der Waals surface area contributed by atoms with E-state index in [1.165, 1.54) is 23.9 Å². The molecule has 7 nitrogen and oxygen atoms in total. The highest BCUT2D eigenvalue weighted by molar-refractivity contribution is 8.18. The lowest BCUT2D eigenvalue weighted by Gasteiger charge is -2.36. The molecule has 9 heteroatoms. The number of non-ortho nitro benzene ring substituents is 1. The summed E-state index contributed by atoms with van der Waals surface area (Å²) in [7, 11) is 0. The van der Waals surface area contributed by atoms with Crippen LogP contribution in [0.25, 0.3) is 6.08 Å². The summed E-state index contributed by atoms with van der Waals surface area (Å²) in [4.78, 5) is 31.8. The van der Waals surface area contributed by atoms with Crippen molar-refractivity contribution in [3.05, 3.63) is 74.1 Å². The van der Waals surface area contributed by atoms with E-state index in [9.17, 15) is 14.9 Å². The van der Waals surface area contributed by atoms with Crippen LogP contribution < -0.4 is 4.90 Å². The zero-order valence-electron chi connectivity index (χ0n) is 15.3. The van der Waals surface area contributed by atoms with Crippen molar-refractivity contribution in [1.82, 2.24) is 4.90 Å². The number of halogens is 1. The zero-order valence-corrected chi connectivity index (χ0v) is 16.9. The van der Waals surface area contributed by atoms with Crippen molar-refractivity contribution in [3.63, 3.8) is 0 Å². The highest BCUT2D eigenvalue weighted by Gasteiger charge is 2.28. The Kier molecular flexibility index (Phi) is 5.55. The van der Waals surface area contributed by atoms with Crippen LogP contribution in [0, 0.1) is 10.1 Å². The standard InChI is InChI=1S/C20H17ClN4O3S/c21-15-4-2-5-16(13-15)23-7-9-24(10-8-23)20-22-19(26)18(29-20)12-14-3-1-6-17(11-14)25(27)28/h1-6,11-13H,7-10H2/b18-12+. The van der Waals surface area contributed by atoms with Gasteiger partial charge >= 0.3 is 0 Å². The monoisotopic (exact) mass is 428 g/mol. The SMILES string of the molecule is O=C1N=C(N2CCN(c3cccc(Cl)c3)CC2)S/C1=C/c1cccc([N+](=O)[O-])c1. The van der Waals surface area contributed by atoms with E-state index in [2.05, 4.69) is 14.8 Å². The van der Waals surface area contributed by atoms with Crippen molar-refractivity contribution < 1.29 is 9.72 Å². The van der Waals surface area contributed by atoms with Crippen LogP contribution in [-0.2, 0) is 4.79 Å². The van der Waals surface area contributed by atoms with Gasteiger partial charge in [-0.25, -0.2) is 0 Å². The Morgan fingerprint density at radius 1 is 1.07 bits per heavy atom. The molecule has 0 bridgehead atoms. The number of carbonyl (C=O) groups is 1. The predicted molar refractivity (Wildman–Crippen MR) is 116 cm³/mol. The number of nitrogens with zero attached hydrogens (tertiary/aromatic N) is 4. The molecule has 0 spiro atoms. The number of anilines is 1. The summed E-state index contributed by atoms with van der Waals surface area (Å²) in [6, 6.07) is 14.0. The molecule has 4 rings (SSSR count). The van der Waals surface area contributed by atoms with Gasteiger partial charge in [0.05, 0.1) is 9.83 Å². The number of carbonyl (C=O) groups excluding carboxylic acids is 1. The lowest BCUT2D eigenvalue weighted by Crippen LogP contribution is -2.47. The van der Waals surface area contributed by atoms with E-state index in [0.29, 0.717) is 20.7 Å². The minimum Gasteiger partial charge on any atom is -0.368 e. The lowest BCUT2D eigenvalue weighted by molar-refractivity contribution is -0.384. The number of benzene rings is 2. The molecule has 0 aromatic heterocycles. The molecule has 1 saturated heterocycles. The largest absolute Gasteiger partial charge is 0.368 e. The third kappa shape index (κ3) is 4.44. The molecule has 0 radical (unpaired) electrons. The summed E-state index contributed by atoms with van der Waals surface area (Å²) >= 11 is 7.39. The first-order valence-electron chi connectivity index (χ1n) is 9.02. The van der Waals surface area contributed by atoms with Crippen LogP contribution in [0.1, 0.15) is 5.56 Å². The minimum absolute atomic E-state index is 0.00641. The van der Waals surface area contributed by atoms with E-state index in [4.69, 9.17) is 11.6 Å². The number of aliphatic imine (C=N–C) groups is 1. The third-order valence-electron chi connectivity index (χ3n) is 4.71. The third-order valence-corrected chi connectivity index (χ3v) is 5.99. The average molecular weight is 429 g/mol. The van der Waals surface area contributed by atoms with Gasteiger partial charge in [0.15, 0.2) is 5.17 Å². The van der Waals surface area contributed by atoms with Gasteiger partial charge in [0.25, 0.3) is 11.6 Å². The fourth-order valence-corrected chi connectivity index (χ4v) is 4.39. The normalized spacial score (nSPS) is 18.3. The smallest absolute Gasteiger partial charge is 0.286 e. The topological polar surface area (TPSA) is 79.0 Å². The highest BCUT2D eigenvalue weighted by Crippen LogP contribution is 2.31. The molecular formula is C20H17ClN4O3S. The van der Waals surface area contributed by atoms with E-state index in [1.54, 1.807) is 18.2 Å². The van der Waals surface area contributed by atoms with Crippen molar-refractivity contribution in [2.45, 2.75) is 0 Å². The number of piperazine rings is 1. The minimum atomic E-state index is -0.451. The van der Waals surface area contributed by atoms with Crippen LogP contribution in [0.15, 0.2) is 58.4 Å². The predicted octanol–water partition coefficient (Wildman–Crippen LogP) is 4.04. The lowest BCUT2D eigenvalue weighted by atomic mass is 10.2. The van der Waals surface area contributed by atoms with Crippen LogP contribution in [0.2, 0.25) is 5.02 Å². The Bertz CT molecular complexity index is 1030. The van der Waals surface area contributed by atoms with E-state index in [0.717, 1.165) is 31.9 Å². The second-order valence-electron chi connectivity index (χ2n) is 6.62. The molecule has 0 N–H and O–H groups in total. The molecule has 2 aliphatic heterocycles. The van der Waals surface area contributed by atoms with Crippen molar-refractivity contribution in [2.75, 3.05) is 31.1 Å². The van der Waals surface area contributed by atoms with Crippen molar-refractivity contribution in [2.24, 2.45) is 4.99 Å². The first-order chi connectivity index (χ1) is 14.0. The van der Waals surface area contributed by atoms with Crippen LogP contribution in [0.4, 0.5) is 11.4 Å². The molecule has 2 aromatic rings. The molecule has 2 heterocycles. The van der Waals surface area contributed by atoms with Crippen molar-refractivity contribution in [3.8, 4) is 0 Å². The van der Waals surface area contributed by atoms with Crippen LogP contribution >= 0.6 is 23.4 Å². The highest BCUT2D eigenvalue weighted by atomic mass is 35.5. The average Bonchev–Trinajstić information content (AvgIpc) is 3.08. The van der Waals surface area contributed by atoms with E-state index in [-0.39, 0.29) is 11.6 Å². The fourth-order valence-electron chi connectivity index (χ4n) is 3.24. The number of hydrogen-bond acceptors (Lipinski definition) is 6. The van der Waals surface area contributed by atoms with Crippen LogP contribution in [0.3, 0.4) is 0 Å². The van der Waals surface area contributed by atoms with Gasteiger partial charge in [-0.15, -0.1) is 0 Å². The number of amidine groups is 1. The Hall–Kier alpha value is -2.84. The second-order valence-corrected chi connectivity index (χ2v) is 8.06. The quantitative estimate of drug-likeness (QED) is 0.417. The number of nitro benzene ring substituents is 1. The van der Waals surface area contributed by atoms with Gasteiger partial charge in [0.2, 0.25) is 0 Å². The number of rotatable bonds is 3. The van der Waals surface area contributed by atoms with Gasteiger partial charge in [-0.3, -0.25) is 14.9 Å². The van der Waals surface area contributed by atoms with Gasteiger partial charge in [-0.2, -0.15) is 4.99 Å². The maximum atomic E-state index is 12.3. The molecular weight excluding hydrogens is 412 g/mol. The maximum Gasteiger partial charge on any atom is 0.286 e. The molecule has 148 valence electrons. The number of hydrogen-bond donors (Lipinski definition) is 0. The molecule has 0 unspecified atom stereocenters. The van der Waals surface area contributed by atoms with E-state index in [1.807, 2.05) is 24.3 Å². The second kappa shape index (κ2) is 8.26. The maximum absolute atomic E-state index is 12.3. The molecule has 29 heavy (non-hydrogen) atoms. The van der Waals surface area contributed by atoms with Crippen molar-refractivity contribution >= 4 is 51.9 Å². The molecule has 0 atom stereocenters. The summed E-state index contributed by atoms with van der Waals surface area (Å²) in [5, 5.41) is 12.3. The summed E-state index contributed by atoms with van der Waals surface area (Å²) in [5.41, 5.74) is 1.69. The number of thioether (sulfide) groups is 1. The summed E-state index contributed by atoms with van der Waals surface area (Å²) in [5.74, 6) is -0.311. The Morgan fingerprint density at radius 3 is 2.52 bits per heavy atom. The Morgan fingerprint density at radius 2 is 1.79 bits per heavy atom. The molecule has 0 aliphatic carbocycles. The molecule has 1 amide bonds. The molecule has 1 fully saturated rings. The number of amides is 1. The number of nitro groups is 1. The van der Waals surface area contributed by atoms with E-state index < -0.39 is 4.92 Å². The fraction of sp³-hybridized carbons (Fsp3) is 0.200. The molecule has 2 aromatic carbocycles. The summed E-state index contributed by atoms with van der Waals surface area (Å²) in [6.07, 6.45) is 1.65. The Labute approximate surface area is 176 Å². The van der Waals surface area contributed by atoms with Crippen molar-refractivity contribution in [1.29, 1.82) is 0 Å². The molecule has 2 aliphatic rings. The van der Waals surface area contributed by atoms with Gasteiger partial charge in [0.1, 0.15) is 0 Å². The molecule has 0 saturated carbocycles. The van der Waals surface area contributed by atoms with Gasteiger partial charge in [-0.05, 0) is 41.6 Å². The Balaban J connectivity index is 1.41. The van der Waals surface area contributed by atoms with Gasteiger partial charge < -0.3 is 9.80 Å². The first-order valence-corrected chi connectivity index (χ1v) is 10.2. The van der Waals surface area contributed by atoms with Gasteiger partial charge in [0, 0.05) is 49.0 Å².